The molecule has 0 aliphatic heterocycles. The van der Waals surface area contributed by atoms with Crippen LogP contribution in [0.2, 0.25) is 0 Å². The van der Waals surface area contributed by atoms with Gasteiger partial charge in [0.25, 0.3) is 5.91 Å². The van der Waals surface area contributed by atoms with Crippen LogP contribution in [0.25, 0.3) is 22.5 Å². The molecular formula is C26H19N3O9. The van der Waals surface area contributed by atoms with Crippen LogP contribution in [0.5, 0.6) is 11.5 Å². The van der Waals surface area contributed by atoms with Gasteiger partial charge in [0.2, 0.25) is 11.6 Å². The zero-order valence-corrected chi connectivity index (χ0v) is 20.0. The Balaban J connectivity index is 1.62. The highest BCUT2D eigenvalue weighted by atomic mass is 16.7. The predicted octanol–water partition coefficient (Wildman–Crippen LogP) is 4.80. The molecule has 0 bridgehead atoms. The number of hydrogen-bond acceptors (Lipinski definition) is 10. The molecule has 38 heavy (non-hydrogen) atoms. The number of amides is 1. The second-order valence-electron chi connectivity index (χ2n) is 7.60. The minimum Gasteiger partial charge on any atom is -0.497 e. The van der Waals surface area contributed by atoms with Gasteiger partial charge in [-0.15, -0.1) is 0 Å². The van der Waals surface area contributed by atoms with Crippen molar-refractivity contribution < 1.29 is 37.6 Å². The quantitative estimate of drug-likeness (QED) is 0.185. The van der Waals surface area contributed by atoms with E-state index in [-0.39, 0.29) is 11.4 Å². The van der Waals surface area contributed by atoms with Crippen molar-refractivity contribution in [3.63, 3.8) is 0 Å². The number of nitro groups is 1. The third-order valence-electron chi connectivity index (χ3n) is 5.31. The fraction of sp³-hybridized carbons (Fsp3) is 0.115. The van der Waals surface area contributed by atoms with Gasteiger partial charge in [-0.1, -0.05) is 12.1 Å². The molecule has 0 radical (unpaired) electrons. The van der Waals surface area contributed by atoms with E-state index in [1.807, 2.05) is 0 Å². The molecule has 0 saturated heterocycles. The summed E-state index contributed by atoms with van der Waals surface area (Å²) in [5.74, 6) is -1.60. The van der Waals surface area contributed by atoms with Gasteiger partial charge in [-0.3, -0.25) is 20.2 Å². The Kier molecular flexibility index (Phi) is 7.39. The molecule has 192 valence electrons. The number of furan rings is 2. The van der Waals surface area contributed by atoms with E-state index in [1.165, 1.54) is 14.2 Å². The Bertz CT molecular complexity index is 1530. The van der Waals surface area contributed by atoms with Gasteiger partial charge < -0.3 is 23.0 Å². The van der Waals surface area contributed by atoms with E-state index >= 15 is 0 Å². The summed E-state index contributed by atoms with van der Waals surface area (Å²) >= 11 is 0. The molecule has 0 atom stereocenters. The fourth-order valence-electron chi connectivity index (χ4n) is 3.51. The smallest absolute Gasteiger partial charge is 0.433 e. The standard InChI is InChI=1S/C26H19N3O9/c1-34-17-7-3-15(4-8-17)23-19(13-27)25(38-24(23)16-5-9-18(35-2)10-6-16)28-21(30)14-36-26(31)20-11-12-22(37-20)29(32)33/h3-12H,14H2,1-2H3,(H,28,30). The average Bonchev–Trinajstić information content (AvgIpc) is 3.57. The summed E-state index contributed by atoms with van der Waals surface area (Å²) in [7, 11) is 3.07. The van der Waals surface area contributed by atoms with Gasteiger partial charge in [-0.05, 0) is 48.0 Å². The number of benzene rings is 2. The van der Waals surface area contributed by atoms with Gasteiger partial charge in [0.1, 0.15) is 33.8 Å². The molecule has 1 amide bonds. The molecule has 12 nitrogen and oxygen atoms in total. The number of nitriles is 1. The van der Waals surface area contributed by atoms with Crippen LogP contribution in [-0.2, 0) is 9.53 Å². The van der Waals surface area contributed by atoms with Crippen LogP contribution in [0.3, 0.4) is 0 Å². The van der Waals surface area contributed by atoms with E-state index < -0.39 is 35.1 Å². The molecule has 0 unspecified atom stereocenters. The number of carbonyl (C=O) groups excluding carboxylic acids is 2. The average molecular weight is 517 g/mol. The van der Waals surface area contributed by atoms with E-state index in [4.69, 9.17) is 23.0 Å². The molecule has 0 saturated carbocycles. The minimum atomic E-state index is -1.08. The molecule has 0 aliphatic carbocycles. The Morgan fingerprint density at radius 1 is 0.947 bits per heavy atom. The Labute approximate surface area is 215 Å². The molecule has 12 heteroatoms. The Hall–Kier alpha value is -5.57. The molecule has 4 rings (SSSR count). The lowest BCUT2D eigenvalue weighted by Gasteiger charge is -2.06. The van der Waals surface area contributed by atoms with Crippen molar-refractivity contribution >= 4 is 23.6 Å². The predicted molar refractivity (Wildman–Crippen MR) is 132 cm³/mol. The number of methoxy groups -OCH3 is 2. The number of nitrogens with zero attached hydrogens (tertiary/aromatic N) is 2. The number of rotatable bonds is 9. The zero-order chi connectivity index (χ0) is 27.2. The molecule has 0 fully saturated rings. The van der Waals surface area contributed by atoms with E-state index in [2.05, 4.69) is 11.4 Å². The molecule has 4 aromatic rings. The van der Waals surface area contributed by atoms with Crippen LogP contribution in [0.15, 0.2) is 69.5 Å². The molecular weight excluding hydrogens is 498 g/mol. The van der Waals surface area contributed by atoms with Crippen molar-refractivity contribution in [2.45, 2.75) is 0 Å². The van der Waals surface area contributed by atoms with Gasteiger partial charge in [0, 0.05) is 11.1 Å². The minimum absolute atomic E-state index is 0.0438. The number of anilines is 1. The van der Waals surface area contributed by atoms with Gasteiger partial charge in [0.05, 0.1) is 20.3 Å². The van der Waals surface area contributed by atoms with E-state index in [9.17, 15) is 25.0 Å². The Morgan fingerprint density at radius 2 is 1.55 bits per heavy atom. The maximum absolute atomic E-state index is 12.6. The first-order chi connectivity index (χ1) is 18.3. The summed E-state index contributed by atoms with van der Waals surface area (Å²) in [6.07, 6.45) is 0. The summed E-state index contributed by atoms with van der Waals surface area (Å²) < 4.78 is 26.0. The maximum Gasteiger partial charge on any atom is 0.433 e. The first-order valence-electron chi connectivity index (χ1n) is 10.9. The lowest BCUT2D eigenvalue weighted by molar-refractivity contribution is -0.402. The van der Waals surface area contributed by atoms with E-state index in [1.54, 1.807) is 48.5 Å². The lowest BCUT2D eigenvalue weighted by Crippen LogP contribution is -2.21. The van der Waals surface area contributed by atoms with Crippen molar-refractivity contribution in [2.75, 3.05) is 26.1 Å². The van der Waals surface area contributed by atoms with Crippen molar-refractivity contribution in [3.8, 4) is 40.0 Å². The van der Waals surface area contributed by atoms with Crippen molar-refractivity contribution in [2.24, 2.45) is 0 Å². The number of nitrogens with one attached hydrogen (secondary N) is 1. The largest absolute Gasteiger partial charge is 0.497 e. The highest BCUT2D eigenvalue weighted by molar-refractivity contribution is 5.97. The number of ether oxygens (including phenoxy) is 3. The summed E-state index contributed by atoms with van der Waals surface area (Å²) in [5, 5.41) is 23.1. The van der Waals surface area contributed by atoms with Crippen LogP contribution in [0.1, 0.15) is 16.1 Å². The molecule has 0 aliphatic rings. The zero-order valence-electron chi connectivity index (χ0n) is 20.0. The van der Waals surface area contributed by atoms with Crippen molar-refractivity contribution in [1.29, 1.82) is 5.26 Å². The highest BCUT2D eigenvalue weighted by Gasteiger charge is 2.25. The highest BCUT2D eigenvalue weighted by Crippen LogP contribution is 2.42. The van der Waals surface area contributed by atoms with E-state index in [0.717, 1.165) is 12.1 Å². The third-order valence-corrected chi connectivity index (χ3v) is 5.31. The molecule has 2 heterocycles. The normalized spacial score (nSPS) is 10.3. The second kappa shape index (κ2) is 11.0. The molecule has 0 spiro atoms. The van der Waals surface area contributed by atoms with Crippen LogP contribution >= 0.6 is 0 Å². The summed E-state index contributed by atoms with van der Waals surface area (Å²) in [4.78, 5) is 34.5. The Morgan fingerprint density at radius 3 is 2.08 bits per heavy atom. The second-order valence-corrected chi connectivity index (χ2v) is 7.60. The topological polar surface area (TPSA) is 167 Å². The number of esters is 1. The van der Waals surface area contributed by atoms with Gasteiger partial charge in [-0.25, -0.2) is 4.79 Å². The molecule has 2 aromatic heterocycles. The third kappa shape index (κ3) is 5.31. The monoisotopic (exact) mass is 517 g/mol. The van der Waals surface area contributed by atoms with E-state index in [0.29, 0.717) is 33.9 Å². The fourth-order valence-corrected chi connectivity index (χ4v) is 3.51. The van der Waals surface area contributed by atoms with Crippen molar-refractivity contribution in [1.82, 2.24) is 0 Å². The summed E-state index contributed by atoms with van der Waals surface area (Å²) in [6, 6.07) is 17.9. The lowest BCUT2D eigenvalue weighted by atomic mass is 9.98. The first-order valence-corrected chi connectivity index (χ1v) is 10.9. The molecule has 1 N–H and O–H groups in total. The number of hydrogen-bond donors (Lipinski definition) is 1. The maximum atomic E-state index is 12.6. The summed E-state index contributed by atoms with van der Waals surface area (Å²) in [6.45, 7) is -0.769. The number of carbonyl (C=O) groups is 2. The van der Waals surface area contributed by atoms with Gasteiger partial charge >= 0.3 is 11.9 Å². The van der Waals surface area contributed by atoms with Crippen molar-refractivity contribution in [3.05, 3.63) is 82.1 Å². The van der Waals surface area contributed by atoms with Crippen LogP contribution in [0.4, 0.5) is 11.8 Å². The molecule has 2 aromatic carbocycles. The van der Waals surface area contributed by atoms with Gasteiger partial charge in [-0.2, -0.15) is 5.26 Å². The van der Waals surface area contributed by atoms with Crippen LogP contribution < -0.4 is 14.8 Å². The first kappa shape index (κ1) is 25.5. The van der Waals surface area contributed by atoms with Crippen LogP contribution in [-0.4, -0.2) is 37.6 Å². The SMILES string of the molecule is COc1ccc(-c2oc(NC(=O)COC(=O)c3ccc([N+](=O)[O-])o3)c(C#N)c2-c2ccc(OC)cc2)cc1. The summed E-state index contributed by atoms with van der Waals surface area (Å²) in [5.41, 5.74) is 1.71. The van der Waals surface area contributed by atoms with Gasteiger partial charge in [0.15, 0.2) is 6.61 Å². The van der Waals surface area contributed by atoms with Crippen LogP contribution in [0, 0.1) is 21.4 Å².